The summed E-state index contributed by atoms with van der Waals surface area (Å²) in [6.07, 6.45) is 1.61. The molecule has 0 aliphatic carbocycles. The van der Waals surface area contributed by atoms with Crippen LogP contribution in [-0.4, -0.2) is 24.3 Å². The lowest BCUT2D eigenvalue weighted by molar-refractivity contribution is 0.110. The number of halogens is 1. The third kappa shape index (κ3) is 3.07. The Kier molecular flexibility index (Phi) is 4.42. The molecule has 2 atom stereocenters. The number of rotatable bonds is 3. The molecule has 3 nitrogen and oxygen atoms in total. The Morgan fingerprint density at radius 1 is 1.32 bits per heavy atom. The van der Waals surface area contributed by atoms with E-state index in [0.717, 1.165) is 31.6 Å². The average molecular weight is 266 g/mol. The molecular formula is C15H23FN2O. The summed E-state index contributed by atoms with van der Waals surface area (Å²) >= 11 is 0. The second kappa shape index (κ2) is 5.88. The number of nitrogens with two attached hydrogens (primary N) is 1. The quantitative estimate of drug-likeness (QED) is 0.883. The smallest absolute Gasteiger partial charge is 0.130 e. The molecule has 106 valence electrons. The van der Waals surface area contributed by atoms with E-state index in [1.807, 2.05) is 19.9 Å². The largest absolute Gasteiger partial charge is 0.393 e. The lowest BCUT2D eigenvalue weighted by Crippen LogP contribution is -2.38. The minimum absolute atomic E-state index is 0.231. The van der Waals surface area contributed by atoms with Gasteiger partial charge in [-0.2, -0.15) is 0 Å². The maximum atomic E-state index is 13.9. The van der Waals surface area contributed by atoms with Crippen LogP contribution in [-0.2, 0) is 0 Å². The Balaban J connectivity index is 2.18. The van der Waals surface area contributed by atoms with Crippen LogP contribution in [0.25, 0.3) is 0 Å². The molecule has 1 saturated heterocycles. The molecule has 0 saturated carbocycles. The number of nitrogens with zero attached hydrogens (tertiary/aromatic N) is 1. The molecule has 2 unspecified atom stereocenters. The molecule has 19 heavy (non-hydrogen) atoms. The summed E-state index contributed by atoms with van der Waals surface area (Å²) < 4.78 is 13.9. The summed E-state index contributed by atoms with van der Waals surface area (Å²) in [5.41, 5.74) is 7.39. The molecule has 1 heterocycles. The molecule has 0 bridgehead atoms. The molecule has 3 N–H and O–H groups in total. The van der Waals surface area contributed by atoms with Gasteiger partial charge in [0.1, 0.15) is 5.82 Å². The van der Waals surface area contributed by atoms with Crippen molar-refractivity contribution in [3.05, 3.63) is 29.6 Å². The summed E-state index contributed by atoms with van der Waals surface area (Å²) in [6, 6.07) is 4.82. The van der Waals surface area contributed by atoms with Gasteiger partial charge >= 0.3 is 0 Å². The van der Waals surface area contributed by atoms with Crippen molar-refractivity contribution in [2.45, 2.75) is 38.8 Å². The van der Waals surface area contributed by atoms with Crippen molar-refractivity contribution in [2.24, 2.45) is 11.7 Å². The first-order chi connectivity index (χ1) is 9.00. The number of aliphatic hydroxyl groups is 1. The fourth-order valence-electron chi connectivity index (χ4n) is 2.87. The molecule has 4 heteroatoms. The van der Waals surface area contributed by atoms with Crippen molar-refractivity contribution in [1.82, 2.24) is 0 Å². The van der Waals surface area contributed by atoms with Crippen molar-refractivity contribution in [3.8, 4) is 0 Å². The van der Waals surface area contributed by atoms with Crippen LogP contribution < -0.4 is 10.6 Å². The van der Waals surface area contributed by atoms with Crippen LogP contribution in [0.15, 0.2) is 18.2 Å². The summed E-state index contributed by atoms with van der Waals surface area (Å²) in [5.74, 6) is 0.119. The molecule has 2 rings (SSSR count). The highest BCUT2D eigenvalue weighted by atomic mass is 19.1. The molecule has 1 aromatic carbocycles. The van der Waals surface area contributed by atoms with Crippen LogP contribution in [0.4, 0.5) is 10.1 Å². The first-order valence-corrected chi connectivity index (χ1v) is 6.97. The first kappa shape index (κ1) is 14.3. The molecule has 0 amide bonds. The van der Waals surface area contributed by atoms with Crippen molar-refractivity contribution in [3.63, 3.8) is 0 Å². The van der Waals surface area contributed by atoms with Gasteiger partial charge in [-0.05, 0) is 44.7 Å². The number of benzene rings is 1. The highest BCUT2D eigenvalue weighted by Crippen LogP contribution is 2.31. The van der Waals surface area contributed by atoms with E-state index >= 15 is 0 Å². The van der Waals surface area contributed by atoms with Gasteiger partial charge in [-0.15, -0.1) is 0 Å². The number of hydrogen-bond donors (Lipinski definition) is 2. The fourth-order valence-corrected chi connectivity index (χ4v) is 2.87. The van der Waals surface area contributed by atoms with Crippen LogP contribution in [0.3, 0.4) is 0 Å². The predicted molar refractivity (Wildman–Crippen MR) is 75.6 cm³/mol. The summed E-state index contributed by atoms with van der Waals surface area (Å²) in [6.45, 7) is 5.35. The van der Waals surface area contributed by atoms with E-state index in [9.17, 15) is 9.50 Å². The van der Waals surface area contributed by atoms with Gasteiger partial charge in [-0.1, -0.05) is 6.07 Å². The van der Waals surface area contributed by atoms with E-state index in [2.05, 4.69) is 4.90 Å². The number of anilines is 1. The van der Waals surface area contributed by atoms with Crippen molar-refractivity contribution >= 4 is 5.69 Å². The molecular weight excluding hydrogens is 243 g/mol. The highest BCUT2D eigenvalue weighted by Gasteiger charge is 2.25. The lowest BCUT2D eigenvalue weighted by Gasteiger charge is -2.36. The molecule has 1 aromatic rings. The maximum Gasteiger partial charge on any atom is 0.130 e. The maximum absolute atomic E-state index is 13.9. The Morgan fingerprint density at radius 2 is 1.95 bits per heavy atom. The normalized spacial score (nSPS) is 20.4. The summed E-state index contributed by atoms with van der Waals surface area (Å²) in [4.78, 5) is 2.18. The molecule has 1 fully saturated rings. The minimum atomic E-state index is -0.314. The molecule has 0 spiro atoms. The number of piperidine rings is 1. The van der Waals surface area contributed by atoms with Gasteiger partial charge in [0.25, 0.3) is 0 Å². The second-order valence-electron chi connectivity index (χ2n) is 5.53. The summed E-state index contributed by atoms with van der Waals surface area (Å²) in [7, 11) is 0. The summed E-state index contributed by atoms with van der Waals surface area (Å²) in [5, 5.41) is 9.62. The van der Waals surface area contributed by atoms with Crippen molar-refractivity contribution in [2.75, 3.05) is 18.0 Å². The van der Waals surface area contributed by atoms with Gasteiger partial charge in [0, 0.05) is 30.4 Å². The standard InChI is InChI=1S/C15H23FN2O/c1-10(17)15-13(16)4-3-5-14(15)18-8-6-12(7-9-18)11(2)19/h3-5,10-12,19H,6-9,17H2,1-2H3. The predicted octanol–water partition coefficient (Wildman–Crippen LogP) is 2.44. The Hall–Kier alpha value is -1.13. The van der Waals surface area contributed by atoms with Gasteiger partial charge in [0.15, 0.2) is 0 Å². The van der Waals surface area contributed by atoms with Gasteiger partial charge in [-0.25, -0.2) is 4.39 Å². The van der Waals surface area contributed by atoms with Crippen molar-refractivity contribution < 1.29 is 9.50 Å². The zero-order valence-corrected chi connectivity index (χ0v) is 11.6. The van der Waals surface area contributed by atoms with Crippen LogP contribution in [0.2, 0.25) is 0 Å². The van der Waals surface area contributed by atoms with Crippen LogP contribution >= 0.6 is 0 Å². The second-order valence-corrected chi connectivity index (χ2v) is 5.53. The Labute approximate surface area is 114 Å². The lowest BCUT2D eigenvalue weighted by atomic mass is 9.91. The zero-order valence-electron chi connectivity index (χ0n) is 11.6. The molecule has 0 radical (unpaired) electrons. The third-order valence-electron chi connectivity index (χ3n) is 4.05. The van der Waals surface area contributed by atoms with E-state index in [-0.39, 0.29) is 18.0 Å². The van der Waals surface area contributed by atoms with E-state index < -0.39 is 0 Å². The SMILES string of the molecule is CC(N)c1c(F)cccc1N1CCC(C(C)O)CC1. The molecule has 0 aromatic heterocycles. The van der Waals surface area contributed by atoms with Gasteiger partial charge in [-0.3, -0.25) is 0 Å². The molecule has 1 aliphatic rings. The van der Waals surface area contributed by atoms with E-state index in [1.54, 1.807) is 6.07 Å². The minimum Gasteiger partial charge on any atom is -0.393 e. The average Bonchev–Trinajstić information content (AvgIpc) is 2.38. The van der Waals surface area contributed by atoms with Gasteiger partial charge in [0.05, 0.1) is 6.10 Å². The van der Waals surface area contributed by atoms with Crippen molar-refractivity contribution in [1.29, 1.82) is 0 Å². The monoisotopic (exact) mass is 266 g/mol. The first-order valence-electron chi connectivity index (χ1n) is 6.97. The van der Waals surface area contributed by atoms with Crippen LogP contribution in [0, 0.1) is 11.7 Å². The Morgan fingerprint density at radius 3 is 2.47 bits per heavy atom. The topological polar surface area (TPSA) is 49.5 Å². The van der Waals surface area contributed by atoms with Gasteiger partial charge < -0.3 is 15.7 Å². The van der Waals surface area contributed by atoms with Crippen LogP contribution in [0.1, 0.15) is 38.3 Å². The van der Waals surface area contributed by atoms with E-state index in [1.165, 1.54) is 6.07 Å². The van der Waals surface area contributed by atoms with Gasteiger partial charge in [0.2, 0.25) is 0 Å². The molecule has 1 aliphatic heterocycles. The highest BCUT2D eigenvalue weighted by molar-refractivity contribution is 5.55. The van der Waals surface area contributed by atoms with E-state index in [4.69, 9.17) is 5.73 Å². The van der Waals surface area contributed by atoms with E-state index in [0.29, 0.717) is 11.5 Å². The van der Waals surface area contributed by atoms with Crippen LogP contribution in [0.5, 0.6) is 0 Å². The number of hydrogen-bond acceptors (Lipinski definition) is 3. The Bertz CT molecular complexity index is 426. The zero-order chi connectivity index (χ0) is 14.0. The number of aliphatic hydroxyl groups excluding tert-OH is 1. The third-order valence-corrected chi connectivity index (χ3v) is 4.05. The fraction of sp³-hybridized carbons (Fsp3) is 0.600.